The molecule has 2 aromatic carbocycles. The Labute approximate surface area is 118 Å². The second-order valence-electron chi connectivity index (χ2n) is 3.99. The minimum atomic E-state index is -2.69. The van der Waals surface area contributed by atoms with Crippen molar-refractivity contribution >= 4 is 33.1 Å². The molecular weight excluding hydrogens is 287 g/mol. The molecule has 0 aliphatic rings. The van der Waals surface area contributed by atoms with E-state index in [0.717, 1.165) is 4.90 Å². The second-order valence-corrected chi connectivity index (χ2v) is 7.94. The zero-order valence-electron chi connectivity index (χ0n) is 9.94. The number of hydrogen-bond donors (Lipinski definition) is 1. The van der Waals surface area contributed by atoms with Crippen molar-refractivity contribution in [1.29, 1.82) is 0 Å². The van der Waals surface area contributed by atoms with Crippen LogP contribution in [-0.4, -0.2) is 9.96 Å². The molecule has 1 nitrogen and oxygen atoms in total. The average Bonchev–Trinajstić information content (AvgIpc) is 2.38. The van der Waals surface area contributed by atoms with E-state index >= 15 is 0 Å². The summed E-state index contributed by atoms with van der Waals surface area (Å²) in [6.45, 7) is 1.91. The van der Waals surface area contributed by atoms with Crippen LogP contribution in [0.25, 0.3) is 0 Å². The van der Waals surface area contributed by atoms with Crippen molar-refractivity contribution in [3.8, 4) is 0 Å². The Kier molecular flexibility index (Phi) is 4.10. The van der Waals surface area contributed by atoms with Crippen LogP contribution >= 0.6 is 23.2 Å². The summed E-state index contributed by atoms with van der Waals surface area (Å²) in [6.07, 6.45) is 0. The third kappa shape index (κ3) is 2.46. The maximum Gasteiger partial charge on any atom is 0.0550 e. The minimum Gasteiger partial charge on any atom is -0.276 e. The number of thiol groups is 1. The number of halogens is 2. The smallest absolute Gasteiger partial charge is 0.0550 e. The summed E-state index contributed by atoms with van der Waals surface area (Å²) in [6, 6.07) is 14.5. The highest BCUT2D eigenvalue weighted by Crippen LogP contribution is 2.34. The maximum absolute atomic E-state index is 13.2. The highest BCUT2D eigenvalue weighted by atomic mass is 35.5. The molecule has 0 bridgehead atoms. The van der Waals surface area contributed by atoms with Gasteiger partial charge in [0, 0.05) is 20.6 Å². The van der Waals surface area contributed by atoms with Crippen LogP contribution in [0.2, 0.25) is 10.0 Å². The average molecular weight is 301 g/mol. The maximum atomic E-state index is 13.2. The molecule has 0 saturated heterocycles. The van der Waals surface area contributed by atoms with Crippen molar-refractivity contribution in [2.75, 3.05) is 5.75 Å². The fourth-order valence-corrected chi connectivity index (χ4v) is 5.15. The first-order valence-electron chi connectivity index (χ1n) is 5.68. The summed E-state index contributed by atoms with van der Waals surface area (Å²) in [5, 5.41) is 1.14. The lowest BCUT2D eigenvalue weighted by molar-refractivity contribution is 0.670. The van der Waals surface area contributed by atoms with Gasteiger partial charge in [-0.05, 0) is 30.3 Å². The fourth-order valence-electron chi connectivity index (χ4n) is 1.94. The van der Waals surface area contributed by atoms with Gasteiger partial charge in [0.1, 0.15) is 0 Å². The first-order chi connectivity index (χ1) is 8.58. The third-order valence-electron chi connectivity index (χ3n) is 2.91. The van der Waals surface area contributed by atoms with Gasteiger partial charge in [-0.3, -0.25) is 4.21 Å². The normalized spacial score (nSPS) is 12.4. The van der Waals surface area contributed by atoms with Gasteiger partial charge in [0.05, 0.1) is 5.02 Å². The van der Waals surface area contributed by atoms with Crippen LogP contribution in [0.1, 0.15) is 6.92 Å². The van der Waals surface area contributed by atoms with E-state index < -0.39 is 9.93 Å². The molecular formula is C14H14Cl2OS. The Morgan fingerprint density at radius 1 is 1.06 bits per heavy atom. The Morgan fingerprint density at radius 3 is 2.39 bits per heavy atom. The van der Waals surface area contributed by atoms with Crippen molar-refractivity contribution in [3.05, 3.63) is 58.6 Å². The predicted molar refractivity (Wildman–Crippen MR) is 79.5 cm³/mol. The van der Waals surface area contributed by atoms with E-state index in [1.807, 2.05) is 37.3 Å². The fraction of sp³-hybridized carbons (Fsp3) is 0.143. The molecule has 0 amide bonds. The topological polar surface area (TPSA) is 17.1 Å². The van der Waals surface area contributed by atoms with Gasteiger partial charge < -0.3 is 0 Å². The van der Waals surface area contributed by atoms with Crippen molar-refractivity contribution in [3.63, 3.8) is 0 Å². The van der Waals surface area contributed by atoms with E-state index in [4.69, 9.17) is 23.2 Å². The number of benzene rings is 2. The van der Waals surface area contributed by atoms with Crippen molar-refractivity contribution < 1.29 is 4.21 Å². The molecule has 0 aliphatic carbocycles. The zero-order valence-corrected chi connectivity index (χ0v) is 12.3. The summed E-state index contributed by atoms with van der Waals surface area (Å²) in [5.41, 5.74) is 0. The molecule has 0 fully saturated rings. The Bertz CT molecular complexity index is 610. The summed E-state index contributed by atoms with van der Waals surface area (Å²) in [7, 11) is -2.69. The lowest BCUT2D eigenvalue weighted by atomic mass is 10.4. The molecule has 0 radical (unpaired) electrons. The first kappa shape index (κ1) is 13.6. The van der Waals surface area contributed by atoms with Gasteiger partial charge in [0.2, 0.25) is 0 Å². The SMILES string of the molecule is CC[SH](=O)(c1cccc(Cl)c1)c1ccccc1Cl. The van der Waals surface area contributed by atoms with Crippen LogP contribution in [0, 0.1) is 0 Å². The summed E-state index contributed by atoms with van der Waals surface area (Å²) in [5.74, 6) is 0.525. The second kappa shape index (κ2) is 5.43. The molecule has 0 aliphatic heterocycles. The summed E-state index contributed by atoms with van der Waals surface area (Å²) >= 11 is 12.2. The quantitative estimate of drug-likeness (QED) is 0.829. The molecule has 0 atom stereocenters. The van der Waals surface area contributed by atoms with E-state index in [1.165, 1.54) is 0 Å². The van der Waals surface area contributed by atoms with Crippen LogP contribution in [0.15, 0.2) is 58.3 Å². The van der Waals surface area contributed by atoms with Gasteiger partial charge in [0.15, 0.2) is 0 Å². The van der Waals surface area contributed by atoms with E-state index in [2.05, 4.69) is 0 Å². The molecule has 96 valence electrons. The molecule has 0 saturated carbocycles. The summed E-state index contributed by atoms with van der Waals surface area (Å²) in [4.78, 5) is 1.46. The Hall–Kier alpha value is -0.830. The zero-order chi connectivity index (χ0) is 13.2. The molecule has 4 heteroatoms. The van der Waals surface area contributed by atoms with Crippen LogP contribution in [0.5, 0.6) is 0 Å². The van der Waals surface area contributed by atoms with Crippen LogP contribution < -0.4 is 0 Å². The molecule has 2 rings (SSSR count). The molecule has 0 N–H and O–H groups in total. The molecule has 0 spiro atoms. The van der Waals surface area contributed by atoms with Gasteiger partial charge in [-0.25, -0.2) is 0 Å². The Morgan fingerprint density at radius 2 is 1.78 bits per heavy atom. The molecule has 0 unspecified atom stereocenters. The lowest BCUT2D eigenvalue weighted by Gasteiger charge is -2.24. The molecule has 0 heterocycles. The molecule has 0 aromatic heterocycles. The van der Waals surface area contributed by atoms with E-state index in [9.17, 15) is 4.21 Å². The highest BCUT2D eigenvalue weighted by molar-refractivity contribution is 8.03. The Balaban J connectivity index is 2.63. The molecule has 18 heavy (non-hydrogen) atoms. The largest absolute Gasteiger partial charge is 0.276 e. The summed E-state index contributed by atoms with van der Waals surface area (Å²) < 4.78 is 13.2. The van der Waals surface area contributed by atoms with E-state index in [-0.39, 0.29) is 0 Å². The highest BCUT2D eigenvalue weighted by Gasteiger charge is 2.21. The van der Waals surface area contributed by atoms with E-state index in [0.29, 0.717) is 20.7 Å². The monoisotopic (exact) mass is 300 g/mol. The van der Waals surface area contributed by atoms with Crippen LogP contribution in [-0.2, 0) is 9.93 Å². The standard InChI is InChI=1S/C14H14Cl2OS/c1-2-18(17,12-7-5-6-11(15)10-12)14-9-4-3-8-13(14)16/h3-10,18H,2H2,1H3. The van der Waals surface area contributed by atoms with Crippen LogP contribution in [0.4, 0.5) is 0 Å². The van der Waals surface area contributed by atoms with E-state index in [1.54, 1.807) is 18.2 Å². The van der Waals surface area contributed by atoms with Crippen LogP contribution in [0.3, 0.4) is 0 Å². The van der Waals surface area contributed by atoms with Gasteiger partial charge in [0.25, 0.3) is 0 Å². The lowest BCUT2D eigenvalue weighted by Crippen LogP contribution is -2.16. The van der Waals surface area contributed by atoms with Gasteiger partial charge in [-0.15, -0.1) is 0 Å². The number of rotatable bonds is 3. The first-order valence-corrected chi connectivity index (χ1v) is 8.33. The third-order valence-corrected chi connectivity index (χ3v) is 6.78. The van der Waals surface area contributed by atoms with Crippen molar-refractivity contribution in [2.45, 2.75) is 16.7 Å². The minimum absolute atomic E-state index is 0.525. The van der Waals surface area contributed by atoms with Gasteiger partial charge >= 0.3 is 0 Å². The predicted octanol–water partition coefficient (Wildman–Crippen LogP) is 4.45. The number of hydrogen-bond acceptors (Lipinski definition) is 1. The van der Waals surface area contributed by atoms with Gasteiger partial charge in [-0.2, -0.15) is 0 Å². The van der Waals surface area contributed by atoms with Crippen molar-refractivity contribution in [2.24, 2.45) is 0 Å². The molecule has 2 aromatic rings. The van der Waals surface area contributed by atoms with Crippen molar-refractivity contribution in [1.82, 2.24) is 0 Å². The van der Waals surface area contributed by atoms with Gasteiger partial charge in [-0.1, -0.05) is 58.3 Å².